The van der Waals surface area contributed by atoms with Crippen molar-refractivity contribution in [1.82, 2.24) is 15.0 Å². The van der Waals surface area contributed by atoms with Gasteiger partial charge in [0.25, 0.3) is 0 Å². The zero-order valence-electron chi connectivity index (χ0n) is 12.1. The number of hydrogen-bond acceptors (Lipinski definition) is 5. The highest BCUT2D eigenvalue weighted by molar-refractivity contribution is 6.28. The third-order valence-corrected chi connectivity index (χ3v) is 4.45. The fourth-order valence-corrected chi connectivity index (χ4v) is 3.24. The molecule has 1 unspecified atom stereocenters. The van der Waals surface area contributed by atoms with E-state index in [-0.39, 0.29) is 0 Å². The highest BCUT2D eigenvalue weighted by Gasteiger charge is 2.23. The maximum Gasteiger partial charge on any atom is 0.231 e. The Morgan fingerprint density at radius 3 is 2.40 bits per heavy atom. The molecule has 0 saturated carbocycles. The Hall–Kier alpha value is -1.10. The van der Waals surface area contributed by atoms with Gasteiger partial charge in [0, 0.05) is 25.7 Å². The van der Waals surface area contributed by atoms with E-state index >= 15 is 0 Å². The SMILES string of the molecule is CC1CCCCCN1c1nc(Cl)nc(N2CCCC2)n1. The van der Waals surface area contributed by atoms with Gasteiger partial charge in [-0.15, -0.1) is 0 Å². The lowest BCUT2D eigenvalue weighted by atomic mass is 10.1. The number of aromatic nitrogens is 3. The molecule has 0 aromatic carbocycles. The van der Waals surface area contributed by atoms with Crippen molar-refractivity contribution >= 4 is 23.5 Å². The van der Waals surface area contributed by atoms with Gasteiger partial charge in [0.2, 0.25) is 17.2 Å². The molecule has 2 aliphatic rings. The molecule has 3 rings (SSSR count). The summed E-state index contributed by atoms with van der Waals surface area (Å²) in [7, 11) is 0. The van der Waals surface area contributed by atoms with E-state index in [1.165, 1.54) is 38.5 Å². The predicted octanol–water partition coefficient (Wildman–Crippen LogP) is 2.89. The average molecular weight is 296 g/mol. The lowest BCUT2D eigenvalue weighted by Crippen LogP contribution is -2.34. The largest absolute Gasteiger partial charge is 0.341 e. The smallest absolute Gasteiger partial charge is 0.231 e. The van der Waals surface area contributed by atoms with Crippen LogP contribution in [-0.2, 0) is 0 Å². The molecule has 2 aliphatic heterocycles. The first-order valence-electron chi connectivity index (χ1n) is 7.67. The maximum atomic E-state index is 6.12. The van der Waals surface area contributed by atoms with E-state index < -0.39 is 0 Å². The first kappa shape index (κ1) is 13.9. The van der Waals surface area contributed by atoms with Crippen LogP contribution in [0.25, 0.3) is 0 Å². The van der Waals surface area contributed by atoms with Crippen LogP contribution in [0, 0.1) is 0 Å². The second-order valence-electron chi connectivity index (χ2n) is 5.79. The molecule has 0 spiro atoms. The molecule has 0 radical (unpaired) electrons. The molecule has 5 nitrogen and oxygen atoms in total. The van der Waals surface area contributed by atoms with Crippen molar-refractivity contribution in [2.75, 3.05) is 29.4 Å². The normalized spacial score (nSPS) is 24.0. The van der Waals surface area contributed by atoms with Crippen molar-refractivity contribution < 1.29 is 0 Å². The van der Waals surface area contributed by atoms with E-state index in [9.17, 15) is 0 Å². The van der Waals surface area contributed by atoms with Crippen molar-refractivity contribution in [3.63, 3.8) is 0 Å². The molecule has 1 atom stereocenters. The molecule has 0 bridgehead atoms. The highest BCUT2D eigenvalue weighted by Crippen LogP contribution is 2.24. The van der Waals surface area contributed by atoms with Crippen LogP contribution in [0.2, 0.25) is 5.28 Å². The Balaban J connectivity index is 1.87. The Morgan fingerprint density at radius 1 is 0.900 bits per heavy atom. The predicted molar refractivity (Wildman–Crippen MR) is 81.6 cm³/mol. The van der Waals surface area contributed by atoms with Crippen LogP contribution in [0.5, 0.6) is 0 Å². The molecule has 2 saturated heterocycles. The fraction of sp³-hybridized carbons (Fsp3) is 0.786. The first-order valence-corrected chi connectivity index (χ1v) is 8.05. The standard InChI is InChI=1S/C14H22ClN5/c1-11-7-3-2-4-10-20(11)14-17-12(15)16-13(18-14)19-8-5-6-9-19/h11H,2-10H2,1H3. The van der Waals surface area contributed by atoms with Crippen LogP contribution in [0.4, 0.5) is 11.9 Å². The van der Waals surface area contributed by atoms with Gasteiger partial charge in [-0.1, -0.05) is 12.8 Å². The van der Waals surface area contributed by atoms with Gasteiger partial charge in [0.1, 0.15) is 0 Å². The molecule has 6 heteroatoms. The van der Waals surface area contributed by atoms with Gasteiger partial charge >= 0.3 is 0 Å². The third-order valence-electron chi connectivity index (χ3n) is 4.28. The molecular weight excluding hydrogens is 274 g/mol. The van der Waals surface area contributed by atoms with Crippen LogP contribution >= 0.6 is 11.6 Å². The summed E-state index contributed by atoms with van der Waals surface area (Å²) < 4.78 is 0. The van der Waals surface area contributed by atoms with Gasteiger partial charge in [-0.25, -0.2) is 0 Å². The molecule has 110 valence electrons. The summed E-state index contributed by atoms with van der Waals surface area (Å²) in [6.45, 7) is 5.31. The second-order valence-corrected chi connectivity index (χ2v) is 6.13. The van der Waals surface area contributed by atoms with Gasteiger partial charge in [-0.05, 0) is 44.2 Å². The average Bonchev–Trinajstić information content (AvgIpc) is 2.88. The minimum absolute atomic E-state index is 0.313. The Morgan fingerprint density at radius 2 is 1.60 bits per heavy atom. The van der Waals surface area contributed by atoms with Crippen LogP contribution in [0.15, 0.2) is 0 Å². The molecule has 1 aromatic rings. The van der Waals surface area contributed by atoms with E-state index in [2.05, 4.69) is 31.7 Å². The Bertz CT molecular complexity index is 461. The summed E-state index contributed by atoms with van der Waals surface area (Å²) in [5, 5.41) is 0.313. The van der Waals surface area contributed by atoms with Gasteiger partial charge in [-0.2, -0.15) is 15.0 Å². The highest BCUT2D eigenvalue weighted by atomic mass is 35.5. The zero-order valence-corrected chi connectivity index (χ0v) is 12.8. The van der Waals surface area contributed by atoms with Gasteiger partial charge < -0.3 is 9.80 Å². The van der Waals surface area contributed by atoms with Crippen LogP contribution in [0.1, 0.15) is 45.4 Å². The third kappa shape index (κ3) is 2.97. The summed E-state index contributed by atoms with van der Waals surface area (Å²) in [6.07, 6.45) is 7.39. The van der Waals surface area contributed by atoms with Crippen molar-refractivity contribution in [2.45, 2.75) is 51.5 Å². The molecule has 0 aliphatic carbocycles. The number of rotatable bonds is 2. The summed E-state index contributed by atoms with van der Waals surface area (Å²) in [5.74, 6) is 1.50. The zero-order chi connectivity index (χ0) is 13.9. The quantitative estimate of drug-likeness (QED) is 0.839. The van der Waals surface area contributed by atoms with Crippen LogP contribution < -0.4 is 9.80 Å². The Kier molecular flexibility index (Phi) is 4.24. The number of hydrogen-bond donors (Lipinski definition) is 0. The van der Waals surface area contributed by atoms with E-state index in [0.717, 1.165) is 31.5 Å². The van der Waals surface area contributed by atoms with Crippen molar-refractivity contribution in [3.05, 3.63) is 5.28 Å². The number of nitrogens with zero attached hydrogens (tertiary/aromatic N) is 5. The number of anilines is 2. The monoisotopic (exact) mass is 295 g/mol. The summed E-state index contributed by atoms with van der Waals surface area (Å²) in [6, 6.07) is 0.474. The second kappa shape index (κ2) is 6.12. The molecule has 0 amide bonds. The van der Waals surface area contributed by atoms with Crippen molar-refractivity contribution in [1.29, 1.82) is 0 Å². The van der Waals surface area contributed by atoms with Crippen molar-refractivity contribution in [3.8, 4) is 0 Å². The molecule has 0 N–H and O–H groups in total. The molecule has 2 fully saturated rings. The van der Waals surface area contributed by atoms with E-state index in [1.54, 1.807) is 0 Å². The maximum absolute atomic E-state index is 6.12. The molecular formula is C14H22ClN5. The lowest BCUT2D eigenvalue weighted by Gasteiger charge is -2.28. The minimum Gasteiger partial charge on any atom is -0.341 e. The van der Waals surface area contributed by atoms with Gasteiger partial charge in [0.15, 0.2) is 0 Å². The topological polar surface area (TPSA) is 45.2 Å². The summed E-state index contributed by atoms with van der Waals surface area (Å²) in [4.78, 5) is 17.8. The van der Waals surface area contributed by atoms with Crippen LogP contribution in [-0.4, -0.2) is 40.6 Å². The van der Waals surface area contributed by atoms with Crippen molar-refractivity contribution in [2.24, 2.45) is 0 Å². The van der Waals surface area contributed by atoms with Crippen LogP contribution in [0.3, 0.4) is 0 Å². The summed E-state index contributed by atoms with van der Waals surface area (Å²) in [5.41, 5.74) is 0. The van der Waals surface area contributed by atoms with Gasteiger partial charge in [-0.3, -0.25) is 0 Å². The molecule has 20 heavy (non-hydrogen) atoms. The van der Waals surface area contributed by atoms with E-state index in [4.69, 9.17) is 11.6 Å². The molecule has 3 heterocycles. The lowest BCUT2D eigenvalue weighted by molar-refractivity contribution is 0.603. The van der Waals surface area contributed by atoms with E-state index in [0.29, 0.717) is 11.3 Å². The first-order chi connectivity index (χ1) is 9.74. The van der Waals surface area contributed by atoms with Gasteiger partial charge in [0.05, 0.1) is 0 Å². The van der Waals surface area contributed by atoms with E-state index in [1.807, 2.05) is 0 Å². The fourth-order valence-electron chi connectivity index (χ4n) is 3.09. The Labute approximate surface area is 125 Å². The molecule has 1 aromatic heterocycles. The minimum atomic E-state index is 0.313. The summed E-state index contributed by atoms with van der Waals surface area (Å²) >= 11 is 6.12. The number of halogens is 1.